The van der Waals surface area contributed by atoms with Gasteiger partial charge in [0.05, 0.1) is 5.69 Å². The first kappa shape index (κ1) is 16.9. The van der Waals surface area contributed by atoms with Crippen molar-refractivity contribution >= 4 is 5.95 Å². The van der Waals surface area contributed by atoms with Gasteiger partial charge in [-0.3, -0.25) is 9.58 Å². The van der Waals surface area contributed by atoms with E-state index >= 15 is 0 Å². The van der Waals surface area contributed by atoms with Crippen LogP contribution < -0.4 is 4.90 Å². The van der Waals surface area contributed by atoms with E-state index in [9.17, 15) is 0 Å². The van der Waals surface area contributed by atoms with Crippen LogP contribution in [0, 0.1) is 27.7 Å². The molecule has 0 spiro atoms. The topological polar surface area (TPSA) is 50.1 Å². The first-order chi connectivity index (χ1) is 11.5. The molecule has 2 aromatic rings. The van der Waals surface area contributed by atoms with E-state index in [-0.39, 0.29) is 0 Å². The third-order valence-corrected chi connectivity index (χ3v) is 4.84. The molecule has 130 valence electrons. The zero-order valence-corrected chi connectivity index (χ0v) is 15.5. The van der Waals surface area contributed by atoms with Crippen LogP contribution in [-0.2, 0) is 13.1 Å². The second-order valence-corrected chi connectivity index (χ2v) is 6.68. The molecular weight excluding hydrogens is 300 g/mol. The predicted molar refractivity (Wildman–Crippen MR) is 96.4 cm³/mol. The van der Waals surface area contributed by atoms with Crippen molar-refractivity contribution in [2.45, 2.75) is 47.7 Å². The van der Waals surface area contributed by atoms with Gasteiger partial charge in [-0.25, -0.2) is 9.97 Å². The summed E-state index contributed by atoms with van der Waals surface area (Å²) in [6.45, 7) is 16.4. The third kappa shape index (κ3) is 3.43. The highest BCUT2D eigenvalue weighted by atomic mass is 15.3. The largest absolute Gasteiger partial charge is 0.338 e. The Labute approximate surface area is 144 Å². The molecule has 1 aliphatic rings. The van der Waals surface area contributed by atoms with Gasteiger partial charge in [-0.05, 0) is 40.7 Å². The van der Waals surface area contributed by atoms with E-state index in [4.69, 9.17) is 0 Å². The van der Waals surface area contributed by atoms with Crippen LogP contribution in [0.25, 0.3) is 0 Å². The molecule has 6 nitrogen and oxygen atoms in total. The summed E-state index contributed by atoms with van der Waals surface area (Å²) in [7, 11) is 0. The predicted octanol–water partition coefficient (Wildman–Crippen LogP) is 2.25. The molecule has 2 aromatic heterocycles. The van der Waals surface area contributed by atoms with Gasteiger partial charge in [0.25, 0.3) is 0 Å². The molecular formula is C18H28N6. The van der Waals surface area contributed by atoms with Crippen LogP contribution in [0.5, 0.6) is 0 Å². The first-order valence-electron chi connectivity index (χ1n) is 8.80. The van der Waals surface area contributed by atoms with Crippen molar-refractivity contribution in [3.8, 4) is 0 Å². The smallest absolute Gasteiger partial charge is 0.225 e. The Hall–Kier alpha value is -1.95. The van der Waals surface area contributed by atoms with Gasteiger partial charge in [0, 0.05) is 61.9 Å². The zero-order valence-electron chi connectivity index (χ0n) is 15.5. The maximum absolute atomic E-state index is 4.64. The minimum Gasteiger partial charge on any atom is -0.338 e. The van der Waals surface area contributed by atoms with Gasteiger partial charge >= 0.3 is 0 Å². The number of aromatic nitrogens is 4. The Morgan fingerprint density at radius 2 is 1.58 bits per heavy atom. The molecule has 0 atom stereocenters. The Morgan fingerprint density at radius 3 is 2.12 bits per heavy atom. The highest BCUT2D eigenvalue weighted by Gasteiger charge is 2.21. The summed E-state index contributed by atoms with van der Waals surface area (Å²) in [5.41, 5.74) is 5.92. The van der Waals surface area contributed by atoms with Gasteiger partial charge in [-0.15, -0.1) is 0 Å². The van der Waals surface area contributed by atoms with Gasteiger partial charge in [-0.1, -0.05) is 0 Å². The second kappa shape index (κ2) is 6.89. The lowest BCUT2D eigenvalue weighted by molar-refractivity contribution is 0.247. The summed E-state index contributed by atoms with van der Waals surface area (Å²) < 4.78 is 2.10. The molecule has 0 aromatic carbocycles. The van der Waals surface area contributed by atoms with Gasteiger partial charge in [0.15, 0.2) is 0 Å². The van der Waals surface area contributed by atoms with Crippen LogP contribution in [0.15, 0.2) is 6.07 Å². The average Bonchev–Trinajstić information content (AvgIpc) is 2.82. The number of nitrogens with zero attached hydrogens (tertiary/aromatic N) is 6. The molecule has 6 heteroatoms. The molecule has 0 radical (unpaired) electrons. The fourth-order valence-corrected chi connectivity index (χ4v) is 3.45. The van der Waals surface area contributed by atoms with Crippen molar-refractivity contribution in [2.24, 2.45) is 0 Å². The van der Waals surface area contributed by atoms with Crippen molar-refractivity contribution in [1.82, 2.24) is 24.6 Å². The Balaban J connectivity index is 1.64. The maximum atomic E-state index is 4.64. The van der Waals surface area contributed by atoms with Crippen LogP contribution >= 0.6 is 0 Å². The molecule has 0 amide bonds. The number of hydrogen-bond acceptors (Lipinski definition) is 5. The van der Waals surface area contributed by atoms with E-state index < -0.39 is 0 Å². The summed E-state index contributed by atoms with van der Waals surface area (Å²) in [5.74, 6) is 0.873. The van der Waals surface area contributed by atoms with E-state index in [1.165, 1.54) is 11.3 Å². The second-order valence-electron chi connectivity index (χ2n) is 6.68. The van der Waals surface area contributed by atoms with Crippen LogP contribution in [0.2, 0.25) is 0 Å². The summed E-state index contributed by atoms with van der Waals surface area (Å²) in [5, 5.41) is 4.64. The zero-order chi connectivity index (χ0) is 17.3. The molecule has 0 bridgehead atoms. The lowest BCUT2D eigenvalue weighted by Gasteiger charge is -2.35. The Kier molecular flexibility index (Phi) is 4.85. The molecule has 0 aliphatic carbocycles. The van der Waals surface area contributed by atoms with Crippen LogP contribution in [-0.4, -0.2) is 50.8 Å². The molecule has 24 heavy (non-hydrogen) atoms. The molecule has 0 saturated carbocycles. The lowest BCUT2D eigenvalue weighted by Crippen LogP contribution is -2.46. The highest BCUT2D eigenvalue weighted by molar-refractivity contribution is 5.33. The number of anilines is 1. The number of rotatable bonds is 4. The van der Waals surface area contributed by atoms with Crippen LogP contribution in [0.1, 0.15) is 35.3 Å². The maximum Gasteiger partial charge on any atom is 0.225 e. The van der Waals surface area contributed by atoms with Gasteiger partial charge in [-0.2, -0.15) is 5.10 Å². The fourth-order valence-electron chi connectivity index (χ4n) is 3.45. The number of hydrogen-bond donors (Lipinski definition) is 0. The van der Waals surface area contributed by atoms with E-state index in [0.29, 0.717) is 0 Å². The third-order valence-electron chi connectivity index (χ3n) is 4.84. The number of piperazine rings is 1. The fraction of sp³-hybridized carbons (Fsp3) is 0.611. The Bertz CT molecular complexity index is 692. The minimum atomic E-state index is 0.873. The molecule has 1 fully saturated rings. The van der Waals surface area contributed by atoms with Gasteiger partial charge < -0.3 is 4.90 Å². The lowest BCUT2D eigenvalue weighted by atomic mass is 10.1. The highest BCUT2D eigenvalue weighted by Crippen LogP contribution is 2.18. The van der Waals surface area contributed by atoms with Gasteiger partial charge in [0.1, 0.15) is 0 Å². The quantitative estimate of drug-likeness (QED) is 0.861. The summed E-state index contributed by atoms with van der Waals surface area (Å²) in [6, 6.07) is 2.02. The first-order valence-corrected chi connectivity index (χ1v) is 8.80. The molecule has 1 aliphatic heterocycles. The van der Waals surface area contributed by atoms with Crippen molar-refractivity contribution in [2.75, 3.05) is 31.1 Å². The normalized spacial score (nSPS) is 16.0. The van der Waals surface area contributed by atoms with E-state index in [2.05, 4.69) is 50.3 Å². The average molecular weight is 328 g/mol. The monoisotopic (exact) mass is 328 g/mol. The van der Waals surface area contributed by atoms with Crippen molar-refractivity contribution in [3.63, 3.8) is 0 Å². The Morgan fingerprint density at radius 1 is 0.958 bits per heavy atom. The SMILES string of the molecule is CCn1nc(C)c(CN2CCN(c3nc(C)cc(C)n3)CC2)c1C. The molecule has 3 rings (SSSR count). The minimum absolute atomic E-state index is 0.873. The molecule has 3 heterocycles. The van der Waals surface area contributed by atoms with Crippen molar-refractivity contribution < 1.29 is 0 Å². The number of aryl methyl sites for hydroxylation is 4. The van der Waals surface area contributed by atoms with E-state index in [0.717, 1.165) is 62.3 Å². The van der Waals surface area contributed by atoms with Crippen molar-refractivity contribution in [3.05, 3.63) is 34.4 Å². The summed E-state index contributed by atoms with van der Waals surface area (Å²) in [6.07, 6.45) is 0. The van der Waals surface area contributed by atoms with Crippen LogP contribution in [0.4, 0.5) is 5.95 Å². The van der Waals surface area contributed by atoms with E-state index in [1.54, 1.807) is 0 Å². The molecule has 1 saturated heterocycles. The van der Waals surface area contributed by atoms with Gasteiger partial charge in [0.2, 0.25) is 5.95 Å². The van der Waals surface area contributed by atoms with E-state index in [1.807, 2.05) is 19.9 Å². The summed E-state index contributed by atoms with van der Waals surface area (Å²) in [4.78, 5) is 14.0. The standard InChI is InChI=1S/C18H28N6/c1-6-24-16(5)17(15(4)21-24)12-22-7-9-23(10-8-22)18-19-13(2)11-14(3)20-18/h11H,6-10,12H2,1-5H3. The van der Waals surface area contributed by atoms with Crippen LogP contribution in [0.3, 0.4) is 0 Å². The summed E-state index contributed by atoms with van der Waals surface area (Å²) >= 11 is 0. The van der Waals surface area contributed by atoms with Crippen molar-refractivity contribution in [1.29, 1.82) is 0 Å². The molecule has 0 N–H and O–H groups in total. The molecule has 0 unspecified atom stereocenters.